The van der Waals surface area contributed by atoms with Crippen molar-refractivity contribution in [3.8, 4) is 6.07 Å². The van der Waals surface area contributed by atoms with E-state index in [0.717, 1.165) is 17.1 Å². The summed E-state index contributed by atoms with van der Waals surface area (Å²) in [7, 11) is 0. The van der Waals surface area contributed by atoms with Crippen molar-refractivity contribution in [2.24, 2.45) is 0 Å². The normalized spacial score (nSPS) is 12.2. The average molecular weight is 336 g/mol. The van der Waals surface area contributed by atoms with Gasteiger partial charge in [0.2, 0.25) is 0 Å². The average Bonchev–Trinajstić information content (AvgIpc) is 3.02. The number of rotatable bonds is 6. The smallest absolute Gasteiger partial charge is 0.137 e. The highest BCUT2D eigenvalue weighted by molar-refractivity contribution is 7.99. The van der Waals surface area contributed by atoms with E-state index in [1.165, 1.54) is 10.5 Å². The Hall–Kier alpha value is -2.29. The fraction of sp³-hybridized carbons (Fsp3) is 0.263. The van der Waals surface area contributed by atoms with Crippen molar-refractivity contribution in [1.82, 2.24) is 14.7 Å². The standard InChI is InChI=1S/C19H20N4S/c1-3-24-18-7-5-16(6-8-18)14(2)21-11-17-12-22-19-9-4-15(10-20)13-23(17)19/h4-9,12-14,21H,3,11H2,1-2H3. The molecule has 0 aliphatic heterocycles. The van der Waals surface area contributed by atoms with Gasteiger partial charge in [-0.3, -0.25) is 0 Å². The number of nitrogens with one attached hydrogen (secondary N) is 1. The number of benzene rings is 1. The molecule has 0 amide bonds. The molecule has 0 fully saturated rings. The van der Waals surface area contributed by atoms with Crippen LogP contribution >= 0.6 is 11.8 Å². The SMILES string of the molecule is CCSc1ccc(C(C)NCc2cnc3ccc(C#N)cn23)cc1. The molecule has 5 heteroatoms. The van der Waals surface area contributed by atoms with Crippen LogP contribution in [0.5, 0.6) is 0 Å². The zero-order valence-corrected chi connectivity index (χ0v) is 14.7. The lowest BCUT2D eigenvalue weighted by Gasteiger charge is -2.14. The van der Waals surface area contributed by atoms with E-state index < -0.39 is 0 Å². The fourth-order valence-electron chi connectivity index (χ4n) is 2.62. The molecule has 1 aromatic carbocycles. The molecular formula is C19H20N4S. The van der Waals surface area contributed by atoms with Crippen molar-refractivity contribution in [3.05, 3.63) is 65.6 Å². The number of pyridine rings is 1. The van der Waals surface area contributed by atoms with Gasteiger partial charge < -0.3 is 9.72 Å². The molecule has 2 heterocycles. The molecule has 0 saturated heterocycles. The number of nitriles is 1. The van der Waals surface area contributed by atoms with Crippen LogP contribution in [0.4, 0.5) is 0 Å². The third-order valence-corrected chi connectivity index (χ3v) is 4.89. The molecule has 24 heavy (non-hydrogen) atoms. The van der Waals surface area contributed by atoms with E-state index in [9.17, 15) is 0 Å². The summed E-state index contributed by atoms with van der Waals surface area (Å²) < 4.78 is 1.97. The molecular weight excluding hydrogens is 316 g/mol. The van der Waals surface area contributed by atoms with Crippen LogP contribution in [-0.4, -0.2) is 15.1 Å². The van der Waals surface area contributed by atoms with E-state index in [1.54, 1.807) is 6.07 Å². The van der Waals surface area contributed by atoms with Crippen LogP contribution in [-0.2, 0) is 6.54 Å². The Balaban J connectivity index is 1.70. The molecule has 0 saturated carbocycles. The number of aromatic nitrogens is 2. The summed E-state index contributed by atoms with van der Waals surface area (Å²) in [6.07, 6.45) is 3.69. The van der Waals surface area contributed by atoms with Gasteiger partial charge in [-0.15, -0.1) is 11.8 Å². The topological polar surface area (TPSA) is 53.1 Å². The molecule has 3 aromatic rings. The van der Waals surface area contributed by atoms with E-state index in [2.05, 4.69) is 54.5 Å². The van der Waals surface area contributed by atoms with E-state index >= 15 is 0 Å². The van der Waals surface area contributed by atoms with Crippen molar-refractivity contribution in [2.45, 2.75) is 31.3 Å². The first-order valence-corrected chi connectivity index (χ1v) is 9.02. The van der Waals surface area contributed by atoms with Crippen molar-refractivity contribution in [2.75, 3.05) is 5.75 Å². The van der Waals surface area contributed by atoms with Crippen molar-refractivity contribution in [3.63, 3.8) is 0 Å². The summed E-state index contributed by atoms with van der Waals surface area (Å²) in [5, 5.41) is 12.6. The lowest BCUT2D eigenvalue weighted by atomic mass is 10.1. The van der Waals surface area contributed by atoms with Crippen LogP contribution in [0.15, 0.2) is 53.7 Å². The Morgan fingerprint density at radius 1 is 1.25 bits per heavy atom. The highest BCUT2D eigenvalue weighted by Crippen LogP contribution is 2.21. The van der Waals surface area contributed by atoms with E-state index in [-0.39, 0.29) is 6.04 Å². The number of hydrogen-bond acceptors (Lipinski definition) is 4. The van der Waals surface area contributed by atoms with Crippen molar-refractivity contribution >= 4 is 17.4 Å². The van der Waals surface area contributed by atoms with Crippen LogP contribution in [0, 0.1) is 11.3 Å². The van der Waals surface area contributed by atoms with Gasteiger partial charge in [-0.05, 0) is 42.5 Å². The van der Waals surface area contributed by atoms with Crippen molar-refractivity contribution in [1.29, 1.82) is 5.26 Å². The fourth-order valence-corrected chi connectivity index (χ4v) is 3.28. The second-order valence-corrected chi connectivity index (χ2v) is 6.95. The molecule has 4 nitrogen and oxygen atoms in total. The number of thioether (sulfide) groups is 1. The van der Waals surface area contributed by atoms with Gasteiger partial charge in [0.05, 0.1) is 17.5 Å². The van der Waals surface area contributed by atoms with Gasteiger partial charge in [0, 0.05) is 23.7 Å². The van der Waals surface area contributed by atoms with Gasteiger partial charge in [0.15, 0.2) is 0 Å². The molecule has 1 atom stereocenters. The van der Waals surface area contributed by atoms with Gasteiger partial charge in [0.25, 0.3) is 0 Å². The third kappa shape index (κ3) is 3.61. The lowest BCUT2D eigenvalue weighted by molar-refractivity contribution is 0.565. The minimum Gasteiger partial charge on any atom is -0.305 e. The highest BCUT2D eigenvalue weighted by Gasteiger charge is 2.08. The second-order valence-electron chi connectivity index (χ2n) is 5.61. The minimum atomic E-state index is 0.246. The van der Waals surface area contributed by atoms with Crippen LogP contribution < -0.4 is 5.32 Å². The molecule has 3 rings (SSSR count). The molecule has 0 aliphatic carbocycles. The number of fused-ring (bicyclic) bond motifs is 1. The summed E-state index contributed by atoms with van der Waals surface area (Å²) >= 11 is 1.85. The highest BCUT2D eigenvalue weighted by atomic mass is 32.2. The number of hydrogen-bond donors (Lipinski definition) is 1. The zero-order valence-electron chi connectivity index (χ0n) is 13.9. The monoisotopic (exact) mass is 336 g/mol. The zero-order chi connectivity index (χ0) is 16.9. The Kier molecular flexibility index (Phi) is 5.19. The molecule has 0 spiro atoms. The summed E-state index contributed by atoms with van der Waals surface area (Å²) in [5.74, 6) is 1.09. The van der Waals surface area contributed by atoms with Gasteiger partial charge in [-0.2, -0.15) is 5.26 Å². The van der Waals surface area contributed by atoms with E-state index in [1.807, 2.05) is 34.6 Å². The summed E-state index contributed by atoms with van der Waals surface area (Å²) in [5.41, 5.74) is 3.81. The second kappa shape index (κ2) is 7.52. The minimum absolute atomic E-state index is 0.246. The quantitative estimate of drug-likeness (QED) is 0.687. The van der Waals surface area contributed by atoms with Gasteiger partial charge >= 0.3 is 0 Å². The molecule has 2 aromatic heterocycles. The molecule has 1 unspecified atom stereocenters. The summed E-state index contributed by atoms with van der Waals surface area (Å²) in [6, 6.07) is 14.8. The predicted molar refractivity (Wildman–Crippen MR) is 98.0 cm³/mol. The van der Waals surface area contributed by atoms with Gasteiger partial charge in [-0.1, -0.05) is 19.1 Å². The summed E-state index contributed by atoms with van der Waals surface area (Å²) in [6.45, 7) is 5.02. The van der Waals surface area contributed by atoms with Gasteiger partial charge in [-0.25, -0.2) is 4.98 Å². The maximum atomic E-state index is 9.05. The maximum absolute atomic E-state index is 9.05. The predicted octanol–water partition coefficient (Wildman–Crippen LogP) is 4.17. The Bertz CT molecular complexity index is 861. The van der Waals surface area contributed by atoms with Crippen molar-refractivity contribution < 1.29 is 0 Å². The third-order valence-electron chi connectivity index (χ3n) is 3.99. The lowest BCUT2D eigenvalue weighted by Crippen LogP contribution is -2.19. The summed E-state index contributed by atoms with van der Waals surface area (Å²) in [4.78, 5) is 5.69. The van der Waals surface area contributed by atoms with E-state index in [0.29, 0.717) is 12.1 Å². The van der Waals surface area contributed by atoms with Crippen LogP contribution in [0.1, 0.15) is 36.7 Å². The first-order chi connectivity index (χ1) is 11.7. The van der Waals surface area contributed by atoms with Crippen LogP contribution in [0.2, 0.25) is 0 Å². The molecule has 0 radical (unpaired) electrons. The number of nitrogens with zero attached hydrogens (tertiary/aromatic N) is 3. The van der Waals surface area contributed by atoms with E-state index in [4.69, 9.17) is 5.26 Å². The van der Waals surface area contributed by atoms with Crippen LogP contribution in [0.3, 0.4) is 0 Å². The van der Waals surface area contributed by atoms with Crippen LogP contribution in [0.25, 0.3) is 5.65 Å². The first kappa shape index (κ1) is 16.6. The Morgan fingerprint density at radius 2 is 2.04 bits per heavy atom. The Morgan fingerprint density at radius 3 is 2.75 bits per heavy atom. The molecule has 1 N–H and O–H groups in total. The maximum Gasteiger partial charge on any atom is 0.137 e. The first-order valence-electron chi connectivity index (χ1n) is 8.03. The molecule has 0 bridgehead atoms. The largest absolute Gasteiger partial charge is 0.305 e. The molecule has 0 aliphatic rings. The Labute approximate surface area is 146 Å². The molecule has 122 valence electrons. The number of imidazole rings is 1. The van der Waals surface area contributed by atoms with Gasteiger partial charge in [0.1, 0.15) is 11.7 Å².